The molecule has 0 nitrogen and oxygen atoms in total. The monoisotopic (exact) mass is 290 g/mol. The van der Waals surface area contributed by atoms with Crippen LogP contribution >= 0.6 is 0 Å². The van der Waals surface area contributed by atoms with E-state index in [0.717, 1.165) is 6.42 Å². The Balaban J connectivity index is -0.0000000833. The summed E-state index contributed by atoms with van der Waals surface area (Å²) in [5, 5.41) is 0. The van der Waals surface area contributed by atoms with E-state index < -0.39 is 0 Å². The zero-order chi connectivity index (χ0) is 3.54. The van der Waals surface area contributed by atoms with Gasteiger partial charge in [-0.05, 0) is 0 Å². The number of hydrogen-bond acceptors (Lipinski definition) is 0. The molecule has 0 unspecified atom stereocenters. The van der Waals surface area contributed by atoms with E-state index in [4.69, 9.17) is 0 Å². The average molecular weight is 290 g/mol. The maximum atomic E-state index is 2.99. The van der Waals surface area contributed by atoms with Gasteiger partial charge < -0.3 is 14.9 Å². The molecule has 1 rings (SSSR count). The van der Waals surface area contributed by atoms with Gasteiger partial charge in [0.2, 0.25) is 0 Å². The van der Waals surface area contributed by atoms with Crippen LogP contribution in [-0.4, -0.2) is 0 Å². The van der Waals surface area contributed by atoms with Crippen LogP contribution in [-0.2, 0) is 21.1 Å². The van der Waals surface area contributed by atoms with Gasteiger partial charge in [0.15, 0.2) is 0 Å². The fourth-order valence-corrected chi connectivity index (χ4v) is 0.340. The van der Waals surface area contributed by atoms with Gasteiger partial charge in [-0.2, -0.15) is 6.08 Å². The summed E-state index contributed by atoms with van der Waals surface area (Å²) in [7, 11) is 0. The average Bonchev–Trinajstić information content (AvgIpc) is 1.76. The van der Waals surface area contributed by atoms with E-state index in [-0.39, 0.29) is 35.9 Å². The predicted octanol–water partition coefficient (Wildman–Crippen LogP) is 2.20. The first-order chi connectivity index (χ1) is 2.50. The Morgan fingerprint density at radius 3 is 2.00 bits per heavy atom. The van der Waals surface area contributed by atoms with Gasteiger partial charge in [-0.25, -0.2) is 12.2 Å². The molecule has 0 aromatic heterocycles. The standard InChI is InChI=1S/C5H5.2CH3.Pt/c1-2-4-5-3-1;;;/h1-3H,4H2;2*1H3;/q3*-1;. The van der Waals surface area contributed by atoms with E-state index in [2.05, 4.69) is 12.2 Å². The maximum absolute atomic E-state index is 2.99. The summed E-state index contributed by atoms with van der Waals surface area (Å²) in [6.07, 6.45) is 10.0. The van der Waals surface area contributed by atoms with Crippen LogP contribution in [0, 0.1) is 20.9 Å². The number of allylic oxidation sites excluding steroid dienone is 4. The molecule has 0 aromatic carbocycles. The minimum atomic E-state index is 0. The van der Waals surface area contributed by atoms with Gasteiger partial charge in [-0.15, -0.1) is 6.42 Å². The van der Waals surface area contributed by atoms with Crippen molar-refractivity contribution < 1.29 is 21.1 Å². The summed E-state index contributed by atoms with van der Waals surface area (Å²) in [5.74, 6) is 0. The second-order valence-corrected chi connectivity index (χ2v) is 1.00. The fraction of sp³-hybridized carbons (Fsp3) is 0.143. The molecule has 1 aliphatic carbocycles. The normalized spacial score (nSPS) is 11.0. The Kier molecular flexibility index (Phi) is 20.1. The summed E-state index contributed by atoms with van der Waals surface area (Å²) in [5.41, 5.74) is 0. The first-order valence-electron chi connectivity index (χ1n) is 1.72. The predicted molar refractivity (Wildman–Crippen MR) is 34.4 cm³/mol. The van der Waals surface area contributed by atoms with Crippen molar-refractivity contribution in [3.8, 4) is 0 Å². The van der Waals surface area contributed by atoms with Crippen LogP contribution in [0.3, 0.4) is 0 Å². The van der Waals surface area contributed by atoms with Crippen LogP contribution in [0.2, 0.25) is 0 Å². The largest absolute Gasteiger partial charge is 0.358 e. The molecule has 0 saturated heterocycles. The molecule has 0 amide bonds. The van der Waals surface area contributed by atoms with Crippen LogP contribution in [0.1, 0.15) is 6.42 Å². The molecular weight excluding hydrogens is 279 g/mol. The van der Waals surface area contributed by atoms with Crippen LogP contribution in [0.4, 0.5) is 0 Å². The second kappa shape index (κ2) is 10.2. The Morgan fingerprint density at radius 1 is 1.25 bits per heavy atom. The third kappa shape index (κ3) is 6.17. The molecule has 52 valence electrons. The first kappa shape index (κ1) is 15.7. The van der Waals surface area contributed by atoms with E-state index in [1.807, 2.05) is 12.2 Å². The zero-order valence-electron chi connectivity index (χ0n) is 5.26. The second-order valence-electron chi connectivity index (χ2n) is 1.00. The molecule has 1 heteroatoms. The molecule has 0 atom stereocenters. The maximum Gasteiger partial charge on any atom is 0 e. The third-order valence-electron chi connectivity index (χ3n) is 0.586. The molecule has 0 heterocycles. The van der Waals surface area contributed by atoms with Crippen molar-refractivity contribution in [1.82, 2.24) is 0 Å². The fourth-order valence-electron chi connectivity index (χ4n) is 0.340. The van der Waals surface area contributed by atoms with E-state index in [1.54, 1.807) is 0 Å². The van der Waals surface area contributed by atoms with Crippen LogP contribution in [0.15, 0.2) is 18.2 Å². The Bertz CT molecular complexity index is 62.5. The molecule has 0 radical (unpaired) electrons. The van der Waals surface area contributed by atoms with Crippen LogP contribution in [0.25, 0.3) is 0 Å². The number of hydrogen-bond donors (Lipinski definition) is 0. The Morgan fingerprint density at radius 2 is 1.88 bits per heavy atom. The molecule has 0 bridgehead atoms. The molecule has 0 aliphatic heterocycles. The molecule has 0 saturated carbocycles. The van der Waals surface area contributed by atoms with Gasteiger partial charge in [0.1, 0.15) is 0 Å². The van der Waals surface area contributed by atoms with Crippen molar-refractivity contribution in [2.75, 3.05) is 0 Å². The van der Waals surface area contributed by atoms with Gasteiger partial charge in [0.05, 0.1) is 0 Å². The van der Waals surface area contributed by atoms with E-state index in [1.165, 1.54) is 0 Å². The van der Waals surface area contributed by atoms with Gasteiger partial charge >= 0.3 is 0 Å². The Hall–Kier alpha value is 0.168. The summed E-state index contributed by atoms with van der Waals surface area (Å²) in [6.45, 7) is 0. The minimum Gasteiger partial charge on any atom is -0.358 e. The third-order valence-corrected chi connectivity index (χ3v) is 0.586. The molecule has 0 N–H and O–H groups in total. The summed E-state index contributed by atoms with van der Waals surface area (Å²) < 4.78 is 0. The van der Waals surface area contributed by atoms with Crippen LogP contribution in [0.5, 0.6) is 0 Å². The molecule has 1 aliphatic rings. The van der Waals surface area contributed by atoms with Gasteiger partial charge in [0, 0.05) is 21.1 Å². The summed E-state index contributed by atoms with van der Waals surface area (Å²) in [6, 6.07) is 0. The van der Waals surface area contributed by atoms with Gasteiger partial charge in [-0.3, -0.25) is 6.08 Å². The zero-order valence-corrected chi connectivity index (χ0v) is 7.53. The molecule has 8 heavy (non-hydrogen) atoms. The topological polar surface area (TPSA) is 0 Å². The quantitative estimate of drug-likeness (QED) is 0.600. The first-order valence-corrected chi connectivity index (χ1v) is 1.72. The van der Waals surface area contributed by atoms with Crippen molar-refractivity contribution in [3.05, 3.63) is 39.2 Å². The molecular formula is C7H11Pt-3. The van der Waals surface area contributed by atoms with Gasteiger partial charge in [0.25, 0.3) is 0 Å². The summed E-state index contributed by atoms with van der Waals surface area (Å²) >= 11 is 0. The van der Waals surface area contributed by atoms with Gasteiger partial charge in [-0.1, -0.05) is 0 Å². The van der Waals surface area contributed by atoms with Crippen molar-refractivity contribution in [3.63, 3.8) is 0 Å². The van der Waals surface area contributed by atoms with Crippen molar-refractivity contribution in [2.45, 2.75) is 6.42 Å². The molecule has 0 spiro atoms. The summed E-state index contributed by atoms with van der Waals surface area (Å²) in [4.78, 5) is 0. The smallest absolute Gasteiger partial charge is 0 e. The van der Waals surface area contributed by atoms with E-state index in [0.29, 0.717) is 0 Å². The van der Waals surface area contributed by atoms with E-state index >= 15 is 0 Å². The van der Waals surface area contributed by atoms with Crippen molar-refractivity contribution >= 4 is 0 Å². The SMILES string of the molecule is [C-]1=CC=CC1.[CH3-].[CH3-].[Pt]. The number of rotatable bonds is 0. The van der Waals surface area contributed by atoms with Crippen molar-refractivity contribution in [2.24, 2.45) is 0 Å². The molecule has 0 aromatic rings. The van der Waals surface area contributed by atoms with Crippen molar-refractivity contribution in [1.29, 1.82) is 0 Å². The Labute approximate surface area is 66.9 Å². The van der Waals surface area contributed by atoms with Crippen LogP contribution < -0.4 is 0 Å². The van der Waals surface area contributed by atoms with E-state index in [9.17, 15) is 0 Å². The molecule has 0 fully saturated rings. The minimum absolute atomic E-state index is 0.